The summed E-state index contributed by atoms with van der Waals surface area (Å²) in [7, 11) is -3.91. The van der Waals surface area contributed by atoms with Crippen LogP contribution in [-0.2, 0) is 10.0 Å². The Kier molecular flexibility index (Phi) is 6.38. The van der Waals surface area contributed by atoms with Gasteiger partial charge in [-0.25, -0.2) is 23.1 Å². The van der Waals surface area contributed by atoms with E-state index in [0.717, 1.165) is 0 Å². The van der Waals surface area contributed by atoms with Crippen molar-refractivity contribution >= 4 is 38.9 Å². The molecule has 2 aromatic carbocycles. The van der Waals surface area contributed by atoms with Crippen LogP contribution >= 0.6 is 11.6 Å². The normalized spacial score (nSPS) is 11.2. The molecule has 9 nitrogen and oxygen atoms in total. The summed E-state index contributed by atoms with van der Waals surface area (Å²) in [6.07, 6.45) is 4.34. The number of nitrogens with zero attached hydrogens (tertiary/aromatic N) is 5. The van der Waals surface area contributed by atoms with Crippen molar-refractivity contribution in [3.63, 3.8) is 0 Å². The van der Waals surface area contributed by atoms with Gasteiger partial charge < -0.3 is 5.32 Å². The smallest absolute Gasteiger partial charge is 0.264 e. The summed E-state index contributed by atoms with van der Waals surface area (Å²) in [5.74, 6) is -0.0349. The summed E-state index contributed by atoms with van der Waals surface area (Å²) in [5.41, 5.74) is 0.967. The van der Waals surface area contributed by atoms with E-state index < -0.39 is 15.9 Å². The molecule has 4 rings (SSSR count). The van der Waals surface area contributed by atoms with Crippen molar-refractivity contribution < 1.29 is 13.2 Å². The van der Waals surface area contributed by atoms with Crippen LogP contribution in [0.15, 0.2) is 84.4 Å². The van der Waals surface area contributed by atoms with Gasteiger partial charge in [0.25, 0.3) is 15.9 Å². The minimum Gasteiger partial charge on any atom is -0.321 e. The molecule has 168 valence electrons. The van der Waals surface area contributed by atoms with Gasteiger partial charge in [0.15, 0.2) is 5.82 Å². The zero-order valence-corrected chi connectivity index (χ0v) is 19.0. The van der Waals surface area contributed by atoms with Crippen LogP contribution in [0.5, 0.6) is 0 Å². The first-order chi connectivity index (χ1) is 15.9. The highest BCUT2D eigenvalue weighted by atomic mass is 35.5. The van der Waals surface area contributed by atoms with E-state index in [4.69, 9.17) is 11.6 Å². The van der Waals surface area contributed by atoms with E-state index >= 15 is 0 Å². The lowest BCUT2D eigenvalue weighted by Gasteiger charge is -2.23. The molecule has 1 amide bonds. The predicted octanol–water partition coefficient (Wildman–Crippen LogP) is 3.78. The Morgan fingerprint density at radius 2 is 1.91 bits per heavy atom. The molecule has 33 heavy (non-hydrogen) atoms. The molecular formula is C22H19ClN6O3S. The number of anilines is 2. The molecule has 0 fully saturated rings. The van der Waals surface area contributed by atoms with Crippen LogP contribution in [0.25, 0.3) is 5.82 Å². The first-order valence-electron chi connectivity index (χ1n) is 9.90. The maximum atomic E-state index is 13.3. The first-order valence-corrected chi connectivity index (χ1v) is 11.7. The maximum Gasteiger partial charge on any atom is 0.264 e. The van der Waals surface area contributed by atoms with Gasteiger partial charge >= 0.3 is 0 Å². The number of nitrogens with one attached hydrogen (secondary N) is 1. The minimum absolute atomic E-state index is 0.0298. The second kappa shape index (κ2) is 9.39. The highest BCUT2D eigenvalue weighted by molar-refractivity contribution is 7.92. The van der Waals surface area contributed by atoms with Crippen LogP contribution in [0.3, 0.4) is 0 Å². The van der Waals surface area contributed by atoms with Crippen LogP contribution in [0, 0.1) is 0 Å². The van der Waals surface area contributed by atoms with Gasteiger partial charge in [0.05, 0.1) is 33.1 Å². The third-order valence-electron chi connectivity index (χ3n) is 4.76. The molecule has 0 saturated carbocycles. The van der Waals surface area contributed by atoms with Crippen molar-refractivity contribution in [1.29, 1.82) is 0 Å². The highest BCUT2D eigenvalue weighted by Crippen LogP contribution is 2.27. The van der Waals surface area contributed by atoms with Crippen molar-refractivity contribution in [2.75, 3.05) is 16.2 Å². The van der Waals surface area contributed by atoms with Crippen molar-refractivity contribution in [3.8, 4) is 5.82 Å². The average Bonchev–Trinajstić information content (AvgIpc) is 3.36. The largest absolute Gasteiger partial charge is 0.321 e. The van der Waals surface area contributed by atoms with Crippen molar-refractivity contribution in [2.24, 2.45) is 0 Å². The summed E-state index contributed by atoms with van der Waals surface area (Å²) < 4.78 is 29.3. The summed E-state index contributed by atoms with van der Waals surface area (Å²) >= 11 is 6.23. The monoisotopic (exact) mass is 482 g/mol. The van der Waals surface area contributed by atoms with Gasteiger partial charge in [-0.2, -0.15) is 5.10 Å². The Labute approximate surface area is 195 Å². The summed E-state index contributed by atoms with van der Waals surface area (Å²) in [5, 5.41) is 6.80. The second-order valence-electron chi connectivity index (χ2n) is 6.85. The first kappa shape index (κ1) is 22.4. The fourth-order valence-electron chi connectivity index (χ4n) is 3.17. The number of aromatic nitrogens is 4. The van der Waals surface area contributed by atoms with Gasteiger partial charge in [0.1, 0.15) is 12.7 Å². The van der Waals surface area contributed by atoms with Crippen LogP contribution in [0.1, 0.15) is 17.3 Å². The lowest BCUT2D eigenvalue weighted by molar-refractivity contribution is 0.102. The fourth-order valence-corrected chi connectivity index (χ4v) is 4.88. The number of carbonyl (C=O) groups excluding carboxylic acids is 1. The van der Waals surface area contributed by atoms with Crippen LogP contribution in [0.2, 0.25) is 5.02 Å². The van der Waals surface area contributed by atoms with Crippen molar-refractivity contribution in [1.82, 2.24) is 19.7 Å². The van der Waals surface area contributed by atoms with Gasteiger partial charge in [0.2, 0.25) is 0 Å². The number of hydrogen-bond donors (Lipinski definition) is 1. The standard InChI is InChI=1S/C22H19ClN6O3S/c1-2-29(17-6-4-3-5-7-17)33(31,32)18-9-10-20(23)19(12-18)22(30)27-16-8-11-21(25-13-16)28-15-24-14-26-28/h3-15H,2H2,1H3,(H,27,30). The van der Waals surface area contributed by atoms with Gasteiger partial charge in [-0.05, 0) is 49.4 Å². The zero-order chi connectivity index (χ0) is 23.4. The molecule has 4 aromatic rings. The van der Waals surface area contributed by atoms with E-state index in [-0.39, 0.29) is 22.0 Å². The Balaban J connectivity index is 1.59. The molecule has 0 spiro atoms. The van der Waals surface area contributed by atoms with E-state index in [1.807, 2.05) is 6.07 Å². The number of para-hydroxylation sites is 1. The molecule has 0 saturated heterocycles. The number of benzene rings is 2. The van der Waals surface area contributed by atoms with Gasteiger partial charge in [-0.15, -0.1) is 0 Å². The SMILES string of the molecule is CCN(c1ccccc1)S(=O)(=O)c1ccc(Cl)c(C(=O)Nc2ccc(-n3cncn3)nc2)c1. The molecule has 2 aromatic heterocycles. The minimum atomic E-state index is -3.91. The Bertz CT molecular complexity index is 1360. The molecule has 1 N–H and O–H groups in total. The Morgan fingerprint density at radius 3 is 2.55 bits per heavy atom. The molecule has 0 aliphatic rings. The van der Waals surface area contributed by atoms with E-state index in [9.17, 15) is 13.2 Å². The molecule has 2 heterocycles. The molecule has 0 bridgehead atoms. The van der Waals surface area contributed by atoms with Gasteiger partial charge in [0, 0.05) is 6.54 Å². The van der Waals surface area contributed by atoms with Gasteiger partial charge in [-0.1, -0.05) is 29.8 Å². The summed E-state index contributed by atoms with van der Waals surface area (Å²) in [6.45, 7) is 1.96. The third-order valence-corrected chi connectivity index (χ3v) is 6.99. The van der Waals surface area contributed by atoms with Crippen molar-refractivity contribution in [2.45, 2.75) is 11.8 Å². The predicted molar refractivity (Wildman–Crippen MR) is 125 cm³/mol. The molecule has 0 unspecified atom stereocenters. The number of carbonyl (C=O) groups is 1. The fraction of sp³-hybridized carbons (Fsp3) is 0.0909. The van der Waals surface area contributed by atoms with Crippen molar-refractivity contribution in [3.05, 3.63) is 90.1 Å². The number of rotatable bonds is 7. The highest BCUT2D eigenvalue weighted by Gasteiger charge is 2.25. The van der Waals surface area contributed by atoms with E-state index in [1.54, 1.807) is 43.3 Å². The topological polar surface area (TPSA) is 110 Å². The Hall–Kier alpha value is -3.76. The third kappa shape index (κ3) is 4.71. The number of sulfonamides is 1. The molecule has 0 aliphatic heterocycles. The second-order valence-corrected chi connectivity index (χ2v) is 9.12. The average molecular weight is 483 g/mol. The lowest BCUT2D eigenvalue weighted by Crippen LogP contribution is -2.31. The zero-order valence-electron chi connectivity index (χ0n) is 17.5. The van der Waals surface area contributed by atoms with Gasteiger partial charge in [-0.3, -0.25) is 9.10 Å². The number of amides is 1. The summed E-state index contributed by atoms with van der Waals surface area (Å²) in [4.78, 5) is 20.9. The number of halogens is 1. The lowest BCUT2D eigenvalue weighted by atomic mass is 10.2. The molecule has 0 atom stereocenters. The summed E-state index contributed by atoms with van der Waals surface area (Å²) in [6, 6.07) is 16.1. The molecular weight excluding hydrogens is 464 g/mol. The molecule has 0 aliphatic carbocycles. The van der Waals surface area contributed by atoms with Crippen LogP contribution in [-0.4, -0.2) is 40.6 Å². The van der Waals surface area contributed by atoms with Crippen LogP contribution < -0.4 is 9.62 Å². The van der Waals surface area contributed by atoms with E-state index in [2.05, 4.69) is 20.4 Å². The van der Waals surface area contributed by atoms with Crippen LogP contribution in [0.4, 0.5) is 11.4 Å². The van der Waals surface area contributed by atoms with E-state index in [0.29, 0.717) is 17.2 Å². The van der Waals surface area contributed by atoms with E-state index in [1.165, 1.54) is 46.0 Å². The quantitative estimate of drug-likeness (QED) is 0.429. The maximum absolute atomic E-state index is 13.3. The molecule has 0 radical (unpaired) electrons. The number of pyridine rings is 1. The number of hydrogen-bond acceptors (Lipinski definition) is 6. The Morgan fingerprint density at radius 1 is 1.12 bits per heavy atom. The molecule has 11 heteroatoms.